The fraction of sp³-hybridized carbons (Fsp3) is 0.917. The molecular formula is C12H21NO3. The number of piperidine rings is 1. The first-order valence-electron chi connectivity index (χ1n) is 6.30. The van der Waals surface area contributed by atoms with Crippen LogP contribution in [-0.4, -0.2) is 48.3 Å². The lowest BCUT2D eigenvalue weighted by atomic mass is 9.93. The highest BCUT2D eigenvalue weighted by Crippen LogP contribution is 2.22. The topological polar surface area (TPSA) is 49.8 Å². The summed E-state index contributed by atoms with van der Waals surface area (Å²) in [6.07, 6.45) is 5.21. The van der Waals surface area contributed by atoms with Crippen LogP contribution >= 0.6 is 0 Å². The summed E-state index contributed by atoms with van der Waals surface area (Å²) in [5, 5.41) is 8.73. The van der Waals surface area contributed by atoms with Crippen molar-refractivity contribution in [1.29, 1.82) is 0 Å². The normalized spacial score (nSPS) is 28.4. The number of hydrogen-bond donors (Lipinski definition) is 1. The molecule has 2 fully saturated rings. The zero-order chi connectivity index (χ0) is 11.4. The van der Waals surface area contributed by atoms with Gasteiger partial charge in [0, 0.05) is 19.6 Å². The van der Waals surface area contributed by atoms with Gasteiger partial charge in [-0.1, -0.05) is 0 Å². The number of likely N-dealkylation sites (tertiary alicyclic amines) is 1. The van der Waals surface area contributed by atoms with Crippen LogP contribution in [-0.2, 0) is 9.53 Å². The van der Waals surface area contributed by atoms with Crippen LogP contribution in [0.15, 0.2) is 0 Å². The largest absolute Gasteiger partial charge is 0.481 e. The molecule has 0 aromatic heterocycles. The SMILES string of the molecule is O=C(O)CC1CCN(CC2CCCO2)CC1. The second-order valence-corrected chi connectivity index (χ2v) is 4.98. The molecule has 0 aliphatic carbocycles. The summed E-state index contributed by atoms with van der Waals surface area (Å²) in [6.45, 7) is 4.04. The summed E-state index contributed by atoms with van der Waals surface area (Å²) in [4.78, 5) is 13.0. The van der Waals surface area contributed by atoms with E-state index in [4.69, 9.17) is 9.84 Å². The summed E-state index contributed by atoms with van der Waals surface area (Å²) < 4.78 is 5.61. The van der Waals surface area contributed by atoms with Crippen LogP contribution in [0.3, 0.4) is 0 Å². The molecule has 92 valence electrons. The third-order valence-corrected chi connectivity index (χ3v) is 3.66. The number of aliphatic carboxylic acids is 1. The molecule has 2 saturated heterocycles. The Balaban J connectivity index is 1.66. The Morgan fingerprint density at radius 1 is 1.31 bits per heavy atom. The molecule has 1 unspecified atom stereocenters. The zero-order valence-electron chi connectivity index (χ0n) is 9.73. The van der Waals surface area contributed by atoms with Crippen LogP contribution < -0.4 is 0 Å². The average Bonchev–Trinajstić information content (AvgIpc) is 2.73. The van der Waals surface area contributed by atoms with E-state index >= 15 is 0 Å². The highest BCUT2D eigenvalue weighted by molar-refractivity contribution is 5.67. The van der Waals surface area contributed by atoms with Crippen molar-refractivity contribution in [2.45, 2.75) is 38.2 Å². The Kier molecular flexibility index (Phi) is 4.18. The number of carboxylic acids is 1. The molecule has 0 aromatic rings. The van der Waals surface area contributed by atoms with Crippen molar-refractivity contribution in [1.82, 2.24) is 4.90 Å². The minimum absolute atomic E-state index is 0.341. The molecule has 4 nitrogen and oxygen atoms in total. The predicted molar refractivity (Wildman–Crippen MR) is 60.4 cm³/mol. The molecule has 0 amide bonds. The molecular weight excluding hydrogens is 206 g/mol. The van der Waals surface area contributed by atoms with Crippen LogP contribution in [0.5, 0.6) is 0 Å². The highest BCUT2D eigenvalue weighted by atomic mass is 16.5. The molecule has 2 rings (SSSR count). The Morgan fingerprint density at radius 3 is 2.62 bits per heavy atom. The minimum atomic E-state index is -0.655. The van der Waals surface area contributed by atoms with E-state index < -0.39 is 5.97 Å². The first kappa shape index (κ1) is 11.9. The van der Waals surface area contributed by atoms with Gasteiger partial charge in [0.15, 0.2) is 0 Å². The smallest absolute Gasteiger partial charge is 0.303 e. The lowest BCUT2D eigenvalue weighted by Gasteiger charge is -2.32. The Hall–Kier alpha value is -0.610. The van der Waals surface area contributed by atoms with Gasteiger partial charge in [0.2, 0.25) is 0 Å². The van der Waals surface area contributed by atoms with Crippen molar-refractivity contribution in [2.24, 2.45) is 5.92 Å². The van der Waals surface area contributed by atoms with E-state index in [0.29, 0.717) is 18.4 Å². The van der Waals surface area contributed by atoms with Crippen LogP contribution in [0.2, 0.25) is 0 Å². The van der Waals surface area contributed by atoms with E-state index in [1.165, 1.54) is 12.8 Å². The van der Waals surface area contributed by atoms with Gasteiger partial charge in [-0.25, -0.2) is 0 Å². The van der Waals surface area contributed by atoms with E-state index in [2.05, 4.69) is 4.90 Å². The number of hydrogen-bond acceptors (Lipinski definition) is 3. The van der Waals surface area contributed by atoms with Gasteiger partial charge in [-0.3, -0.25) is 4.79 Å². The van der Waals surface area contributed by atoms with Crippen LogP contribution in [0, 0.1) is 5.92 Å². The van der Waals surface area contributed by atoms with Crippen molar-refractivity contribution in [2.75, 3.05) is 26.2 Å². The van der Waals surface area contributed by atoms with Crippen LogP contribution in [0.4, 0.5) is 0 Å². The predicted octanol–water partition coefficient (Wildman–Crippen LogP) is 1.35. The molecule has 0 radical (unpaired) electrons. The Labute approximate surface area is 96.6 Å². The van der Waals surface area contributed by atoms with Crippen molar-refractivity contribution >= 4 is 5.97 Å². The van der Waals surface area contributed by atoms with Gasteiger partial charge in [-0.15, -0.1) is 0 Å². The average molecular weight is 227 g/mol. The third-order valence-electron chi connectivity index (χ3n) is 3.66. The van der Waals surface area contributed by atoms with Gasteiger partial charge >= 0.3 is 5.97 Å². The first-order chi connectivity index (χ1) is 7.74. The van der Waals surface area contributed by atoms with Gasteiger partial charge < -0.3 is 14.7 Å². The maximum atomic E-state index is 10.6. The summed E-state index contributed by atoms with van der Waals surface area (Å²) in [5.41, 5.74) is 0. The third kappa shape index (κ3) is 3.46. The number of nitrogens with zero attached hydrogens (tertiary/aromatic N) is 1. The van der Waals surface area contributed by atoms with Crippen molar-refractivity contribution in [3.63, 3.8) is 0 Å². The fourth-order valence-electron chi connectivity index (χ4n) is 2.70. The number of rotatable bonds is 4. The van der Waals surface area contributed by atoms with Crippen molar-refractivity contribution in [3.8, 4) is 0 Å². The van der Waals surface area contributed by atoms with Gasteiger partial charge in [-0.2, -0.15) is 0 Å². The number of carboxylic acid groups (broad SMARTS) is 1. The summed E-state index contributed by atoms with van der Waals surface area (Å²) >= 11 is 0. The highest BCUT2D eigenvalue weighted by Gasteiger charge is 2.24. The summed E-state index contributed by atoms with van der Waals surface area (Å²) in [5.74, 6) is -0.268. The van der Waals surface area contributed by atoms with Gasteiger partial charge in [0.05, 0.1) is 6.10 Å². The summed E-state index contributed by atoms with van der Waals surface area (Å²) in [7, 11) is 0. The minimum Gasteiger partial charge on any atom is -0.481 e. The van der Waals surface area contributed by atoms with Crippen LogP contribution in [0.1, 0.15) is 32.1 Å². The molecule has 2 aliphatic heterocycles. The molecule has 16 heavy (non-hydrogen) atoms. The molecule has 0 aromatic carbocycles. The van der Waals surface area contributed by atoms with E-state index in [1.54, 1.807) is 0 Å². The van der Waals surface area contributed by atoms with Crippen LogP contribution in [0.25, 0.3) is 0 Å². The quantitative estimate of drug-likeness (QED) is 0.787. The lowest BCUT2D eigenvalue weighted by molar-refractivity contribution is -0.138. The monoisotopic (exact) mass is 227 g/mol. The van der Waals surface area contributed by atoms with E-state index in [9.17, 15) is 4.79 Å². The summed E-state index contributed by atoms with van der Waals surface area (Å²) in [6, 6.07) is 0. The molecule has 4 heteroatoms. The Bertz CT molecular complexity index is 230. The lowest BCUT2D eigenvalue weighted by Crippen LogP contribution is -2.39. The zero-order valence-corrected chi connectivity index (χ0v) is 9.73. The number of carbonyl (C=O) groups is 1. The van der Waals surface area contributed by atoms with Gasteiger partial charge in [0.1, 0.15) is 0 Å². The van der Waals surface area contributed by atoms with Crippen molar-refractivity contribution in [3.05, 3.63) is 0 Å². The first-order valence-corrected chi connectivity index (χ1v) is 6.30. The molecule has 0 saturated carbocycles. The molecule has 1 N–H and O–H groups in total. The molecule has 2 aliphatic rings. The second-order valence-electron chi connectivity index (χ2n) is 4.98. The second kappa shape index (κ2) is 5.64. The van der Waals surface area contributed by atoms with E-state index in [0.717, 1.165) is 39.1 Å². The molecule has 1 atom stereocenters. The van der Waals surface area contributed by atoms with E-state index in [-0.39, 0.29) is 0 Å². The Morgan fingerprint density at radius 2 is 2.06 bits per heavy atom. The maximum Gasteiger partial charge on any atom is 0.303 e. The number of ether oxygens (including phenoxy) is 1. The molecule has 0 spiro atoms. The van der Waals surface area contributed by atoms with Crippen molar-refractivity contribution < 1.29 is 14.6 Å². The standard InChI is InChI=1S/C12H21NO3/c14-12(15)8-10-3-5-13(6-4-10)9-11-2-1-7-16-11/h10-11H,1-9H2,(H,14,15). The molecule has 0 bridgehead atoms. The van der Waals surface area contributed by atoms with Gasteiger partial charge in [-0.05, 0) is 44.7 Å². The van der Waals surface area contributed by atoms with Gasteiger partial charge in [0.25, 0.3) is 0 Å². The molecule has 2 heterocycles. The fourth-order valence-corrected chi connectivity index (χ4v) is 2.70. The maximum absolute atomic E-state index is 10.6. The van der Waals surface area contributed by atoms with E-state index in [1.807, 2.05) is 0 Å².